The number of hydrogen-bond acceptors (Lipinski definition) is 4. The standard InChI is InChI=1S/C16H24N2O3/c1-10-5-4-6-11(7-10)18-16(19)12-8-14(20-2)15(21-3)9-13(12)17/h8-11H,4-7,17H2,1-3H3,(H,18,19)/t10-,11-/m1/s1. The molecule has 2 rings (SSSR count). The topological polar surface area (TPSA) is 73.6 Å². The Morgan fingerprint density at radius 2 is 1.90 bits per heavy atom. The summed E-state index contributed by atoms with van der Waals surface area (Å²) >= 11 is 0. The lowest BCUT2D eigenvalue weighted by Gasteiger charge is -2.27. The number of carbonyl (C=O) groups excluding carboxylic acids is 1. The van der Waals surface area contributed by atoms with Gasteiger partial charge in [-0.2, -0.15) is 0 Å². The summed E-state index contributed by atoms with van der Waals surface area (Å²) in [5, 5.41) is 3.08. The second-order valence-corrected chi connectivity index (χ2v) is 5.74. The van der Waals surface area contributed by atoms with Crippen molar-refractivity contribution in [3.8, 4) is 11.5 Å². The zero-order valence-corrected chi connectivity index (χ0v) is 12.9. The maximum atomic E-state index is 12.4. The molecule has 0 unspecified atom stereocenters. The van der Waals surface area contributed by atoms with Gasteiger partial charge in [-0.05, 0) is 24.8 Å². The van der Waals surface area contributed by atoms with Gasteiger partial charge in [-0.15, -0.1) is 0 Å². The molecule has 116 valence electrons. The lowest BCUT2D eigenvalue weighted by molar-refractivity contribution is 0.0922. The van der Waals surface area contributed by atoms with E-state index in [2.05, 4.69) is 12.2 Å². The number of nitrogens with two attached hydrogens (primary N) is 1. The summed E-state index contributed by atoms with van der Waals surface area (Å²) in [4.78, 5) is 12.4. The van der Waals surface area contributed by atoms with E-state index in [9.17, 15) is 4.79 Å². The second-order valence-electron chi connectivity index (χ2n) is 5.74. The quantitative estimate of drug-likeness (QED) is 0.837. The Labute approximate surface area is 125 Å². The smallest absolute Gasteiger partial charge is 0.253 e. The summed E-state index contributed by atoms with van der Waals surface area (Å²) in [6.45, 7) is 2.23. The summed E-state index contributed by atoms with van der Waals surface area (Å²) in [6, 6.07) is 3.49. The van der Waals surface area contributed by atoms with Gasteiger partial charge in [0.25, 0.3) is 5.91 Å². The van der Waals surface area contributed by atoms with Crippen LogP contribution in [0.5, 0.6) is 11.5 Å². The van der Waals surface area contributed by atoms with E-state index >= 15 is 0 Å². The predicted molar refractivity (Wildman–Crippen MR) is 82.8 cm³/mol. The summed E-state index contributed by atoms with van der Waals surface area (Å²) in [5.74, 6) is 1.55. The first-order valence-corrected chi connectivity index (χ1v) is 7.37. The van der Waals surface area contributed by atoms with Crippen molar-refractivity contribution < 1.29 is 14.3 Å². The SMILES string of the molecule is COc1cc(N)c(C(=O)N[C@@H]2CCC[C@@H](C)C2)cc1OC. The Kier molecular flexibility index (Phi) is 4.94. The van der Waals surface area contributed by atoms with Crippen molar-refractivity contribution in [3.63, 3.8) is 0 Å². The van der Waals surface area contributed by atoms with E-state index in [0.717, 1.165) is 19.3 Å². The van der Waals surface area contributed by atoms with Crippen molar-refractivity contribution in [2.75, 3.05) is 20.0 Å². The molecule has 0 bridgehead atoms. The Balaban J connectivity index is 2.15. The number of benzene rings is 1. The molecule has 2 atom stereocenters. The van der Waals surface area contributed by atoms with E-state index in [0.29, 0.717) is 28.7 Å². The lowest BCUT2D eigenvalue weighted by atomic mass is 9.87. The molecule has 1 aromatic rings. The van der Waals surface area contributed by atoms with E-state index in [1.54, 1.807) is 26.4 Å². The largest absolute Gasteiger partial charge is 0.493 e. The molecule has 0 aliphatic heterocycles. The van der Waals surface area contributed by atoms with Gasteiger partial charge in [0.15, 0.2) is 11.5 Å². The van der Waals surface area contributed by atoms with Crippen molar-refractivity contribution in [2.45, 2.75) is 38.6 Å². The van der Waals surface area contributed by atoms with E-state index < -0.39 is 0 Å². The van der Waals surface area contributed by atoms with Crippen molar-refractivity contribution in [1.29, 1.82) is 0 Å². The van der Waals surface area contributed by atoms with Crippen LogP contribution >= 0.6 is 0 Å². The normalized spacial score (nSPS) is 21.7. The highest BCUT2D eigenvalue weighted by atomic mass is 16.5. The van der Waals surface area contributed by atoms with Crippen molar-refractivity contribution >= 4 is 11.6 Å². The molecule has 1 saturated carbocycles. The van der Waals surface area contributed by atoms with E-state index in [1.165, 1.54) is 6.42 Å². The highest BCUT2D eigenvalue weighted by Gasteiger charge is 2.22. The maximum absolute atomic E-state index is 12.4. The number of nitrogens with one attached hydrogen (secondary N) is 1. The fraction of sp³-hybridized carbons (Fsp3) is 0.562. The van der Waals surface area contributed by atoms with Crippen LogP contribution in [-0.4, -0.2) is 26.2 Å². The van der Waals surface area contributed by atoms with E-state index in [4.69, 9.17) is 15.2 Å². The third-order valence-electron chi connectivity index (χ3n) is 4.07. The van der Waals surface area contributed by atoms with Crippen LogP contribution < -0.4 is 20.5 Å². The molecular formula is C16H24N2O3. The zero-order chi connectivity index (χ0) is 15.4. The van der Waals surface area contributed by atoms with Gasteiger partial charge in [0.1, 0.15) is 0 Å². The second kappa shape index (κ2) is 6.70. The van der Waals surface area contributed by atoms with Gasteiger partial charge < -0.3 is 20.5 Å². The zero-order valence-electron chi connectivity index (χ0n) is 12.9. The molecule has 1 aliphatic rings. The number of ether oxygens (including phenoxy) is 2. The first kappa shape index (κ1) is 15.5. The first-order chi connectivity index (χ1) is 10.0. The predicted octanol–water partition coefficient (Wildman–Crippen LogP) is 2.59. The van der Waals surface area contributed by atoms with Crippen LogP contribution in [0.25, 0.3) is 0 Å². The molecule has 1 aromatic carbocycles. The Bertz CT molecular complexity index is 516. The highest BCUT2D eigenvalue weighted by molar-refractivity contribution is 6.00. The molecule has 21 heavy (non-hydrogen) atoms. The van der Waals surface area contributed by atoms with Crippen LogP contribution in [0.1, 0.15) is 43.0 Å². The van der Waals surface area contributed by atoms with Gasteiger partial charge in [0.05, 0.1) is 19.8 Å². The summed E-state index contributed by atoms with van der Waals surface area (Å²) in [7, 11) is 3.08. The molecule has 3 N–H and O–H groups in total. The molecule has 0 aromatic heterocycles. The average molecular weight is 292 g/mol. The van der Waals surface area contributed by atoms with Gasteiger partial charge in [-0.25, -0.2) is 0 Å². The van der Waals surface area contributed by atoms with Crippen molar-refractivity contribution in [2.24, 2.45) is 5.92 Å². The average Bonchev–Trinajstić information content (AvgIpc) is 2.46. The summed E-state index contributed by atoms with van der Waals surface area (Å²) in [6.07, 6.45) is 4.46. The van der Waals surface area contributed by atoms with Crippen LogP contribution in [0.3, 0.4) is 0 Å². The van der Waals surface area contributed by atoms with Gasteiger partial charge >= 0.3 is 0 Å². The van der Waals surface area contributed by atoms with E-state index in [-0.39, 0.29) is 11.9 Å². The molecule has 1 fully saturated rings. The molecule has 0 radical (unpaired) electrons. The highest BCUT2D eigenvalue weighted by Crippen LogP contribution is 2.32. The maximum Gasteiger partial charge on any atom is 0.253 e. The number of methoxy groups -OCH3 is 2. The first-order valence-electron chi connectivity index (χ1n) is 7.37. The molecule has 0 saturated heterocycles. The summed E-state index contributed by atoms with van der Waals surface area (Å²) < 4.78 is 10.4. The third kappa shape index (κ3) is 3.60. The Hall–Kier alpha value is -1.91. The van der Waals surface area contributed by atoms with Gasteiger partial charge in [0, 0.05) is 17.8 Å². The van der Waals surface area contributed by atoms with Crippen molar-refractivity contribution in [1.82, 2.24) is 5.32 Å². The minimum Gasteiger partial charge on any atom is -0.493 e. The van der Waals surface area contributed by atoms with Gasteiger partial charge in [-0.1, -0.05) is 19.8 Å². The summed E-state index contributed by atoms with van der Waals surface area (Å²) in [5.41, 5.74) is 6.79. The van der Waals surface area contributed by atoms with Crippen LogP contribution in [0.4, 0.5) is 5.69 Å². The number of rotatable bonds is 4. The minimum atomic E-state index is -0.146. The number of anilines is 1. The number of hydrogen-bond donors (Lipinski definition) is 2. The number of amides is 1. The monoisotopic (exact) mass is 292 g/mol. The lowest BCUT2D eigenvalue weighted by Crippen LogP contribution is -2.38. The fourth-order valence-electron chi connectivity index (χ4n) is 2.92. The van der Waals surface area contributed by atoms with Crippen LogP contribution in [0, 0.1) is 5.92 Å². The molecule has 5 nitrogen and oxygen atoms in total. The molecule has 1 aliphatic carbocycles. The third-order valence-corrected chi connectivity index (χ3v) is 4.07. The molecule has 5 heteroatoms. The van der Waals surface area contributed by atoms with E-state index in [1.807, 2.05) is 0 Å². The Morgan fingerprint density at radius 3 is 2.52 bits per heavy atom. The number of nitrogen functional groups attached to an aromatic ring is 1. The fourth-order valence-corrected chi connectivity index (χ4v) is 2.92. The van der Waals surface area contributed by atoms with Crippen molar-refractivity contribution in [3.05, 3.63) is 17.7 Å². The number of carbonyl (C=O) groups is 1. The molecule has 0 heterocycles. The molecular weight excluding hydrogens is 268 g/mol. The van der Waals surface area contributed by atoms with Crippen LogP contribution in [0.15, 0.2) is 12.1 Å². The minimum absolute atomic E-state index is 0.146. The molecule has 1 amide bonds. The van der Waals surface area contributed by atoms with Gasteiger partial charge in [-0.3, -0.25) is 4.79 Å². The van der Waals surface area contributed by atoms with Crippen LogP contribution in [-0.2, 0) is 0 Å². The Morgan fingerprint density at radius 1 is 1.24 bits per heavy atom. The van der Waals surface area contributed by atoms with Crippen LogP contribution in [0.2, 0.25) is 0 Å². The molecule has 0 spiro atoms. The van der Waals surface area contributed by atoms with Gasteiger partial charge in [0.2, 0.25) is 0 Å².